The number of hydrogen-bond donors (Lipinski definition) is 0. The molecule has 34 heavy (non-hydrogen) atoms. The minimum Gasteiger partial charge on any atom is -0.339 e. The first-order valence-electron chi connectivity index (χ1n) is 11.2. The molecule has 0 aliphatic carbocycles. The van der Waals surface area contributed by atoms with Crippen molar-refractivity contribution in [3.05, 3.63) is 72.7 Å². The van der Waals surface area contributed by atoms with Crippen LogP contribution in [-0.2, 0) is 32.4 Å². The lowest BCUT2D eigenvalue weighted by molar-refractivity contribution is 0.368. The van der Waals surface area contributed by atoms with E-state index in [1.807, 2.05) is 6.92 Å². The van der Waals surface area contributed by atoms with Crippen LogP contribution in [0.1, 0.15) is 55.4 Å². The lowest BCUT2D eigenvalue weighted by Crippen LogP contribution is -2.41. The summed E-state index contributed by atoms with van der Waals surface area (Å²) in [6, 6.07) is 4.17. The number of nitrogens with zero attached hydrogens (tertiary/aromatic N) is 5. The van der Waals surface area contributed by atoms with E-state index in [4.69, 9.17) is 27.7 Å². The molecule has 0 radical (unpaired) electrons. The van der Waals surface area contributed by atoms with Crippen molar-refractivity contribution >= 4 is 34.2 Å². The molecule has 180 valence electrons. The number of unbranched alkanes of at least 4 members (excludes halogenated alkanes) is 2. The molecule has 1 aliphatic heterocycles. The third-order valence-electron chi connectivity index (χ3n) is 5.67. The maximum Gasteiger partial charge on any atom is 0.332 e. The van der Waals surface area contributed by atoms with E-state index < -0.39 is 5.82 Å². The third kappa shape index (κ3) is 5.31. The summed E-state index contributed by atoms with van der Waals surface area (Å²) in [6.45, 7) is 2.81. The summed E-state index contributed by atoms with van der Waals surface area (Å²) >= 11 is 12.1. The van der Waals surface area contributed by atoms with Gasteiger partial charge in [0.15, 0.2) is 5.82 Å². The van der Waals surface area contributed by atoms with Crippen molar-refractivity contribution in [2.24, 2.45) is 4.99 Å². The highest BCUT2D eigenvalue weighted by Crippen LogP contribution is 2.24. The Balaban J connectivity index is 1.39. The number of aryl methyl sites for hydroxylation is 1. The molecule has 1 aliphatic rings. The van der Waals surface area contributed by atoms with Gasteiger partial charge in [0.05, 0.1) is 5.56 Å². The summed E-state index contributed by atoms with van der Waals surface area (Å²) in [5.41, 5.74) is 0.489. The maximum absolute atomic E-state index is 13.2. The predicted molar refractivity (Wildman–Crippen MR) is 128 cm³/mol. The first-order chi connectivity index (χ1) is 16.4. The first-order valence-corrected chi connectivity index (χ1v) is 12.0. The van der Waals surface area contributed by atoms with E-state index in [2.05, 4.69) is 15.1 Å². The average Bonchev–Trinajstić information content (AvgIpc) is 3.41. The average molecular weight is 508 g/mol. The van der Waals surface area contributed by atoms with Crippen LogP contribution in [0.25, 0.3) is 0 Å². The van der Waals surface area contributed by atoms with Crippen LogP contribution in [0.15, 0.2) is 37.3 Å². The Hall–Kier alpha value is -2.78. The first kappa shape index (κ1) is 24.3. The van der Waals surface area contributed by atoms with E-state index in [1.54, 1.807) is 10.6 Å². The Morgan fingerprint density at radius 3 is 2.68 bits per heavy atom. The summed E-state index contributed by atoms with van der Waals surface area (Å²) < 4.78 is 21.3. The minimum atomic E-state index is -0.405. The lowest BCUT2D eigenvalue weighted by atomic mass is 10.1. The van der Waals surface area contributed by atoms with Gasteiger partial charge in [0, 0.05) is 37.4 Å². The molecule has 0 saturated heterocycles. The number of halogens is 3. The van der Waals surface area contributed by atoms with Gasteiger partial charge < -0.3 is 4.52 Å². The van der Waals surface area contributed by atoms with Gasteiger partial charge in [0.2, 0.25) is 5.89 Å². The van der Waals surface area contributed by atoms with Gasteiger partial charge in [-0.2, -0.15) is 4.98 Å². The quantitative estimate of drug-likeness (QED) is 0.378. The van der Waals surface area contributed by atoms with Crippen molar-refractivity contribution in [2.45, 2.75) is 65.0 Å². The minimum absolute atomic E-state index is 0.255. The molecular formula is C23H24Cl2FN5O3. The summed E-state index contributed by atoms with van der Waals surface area (Å²) in [5, 5.41) is 4.58. The SMILES string of the molecule is CCCCn1c2c(c(=O)n(CCCCc3nc(Cc4ccc(F)cc4Cl)no3)c1=O)CC(Cl)=N2. The molecule has 0 amide bonds. The third-order valence-corrected chi connectivity index (χ3v) is 6.24. The number of rotatable bonds is 10. The van der Waals surface area contributed by atoms with Crippen molar-refractivity contribution in [1.82, 2.24) is 19.3 Å². The second kappa shape index (κ2) is 10.7. The Labute approximate surface area is 205 Å². The molecule has 0 bridgehead atoms. The molecule has 3 aromatic rings. The number of fused-ring (bicyclic) bond motifs is 1. The molecule has 2 aromatic heterocycles. The molecule has 8 nitrogen and oxygen atoms in total. The Morgan fingerprint density at radius 1 is 1.12 bits per heavy atom. The van der Waals surface area contributed by atoms with E-state index in [0.29, 0.717) is 71.1 Å². The summed E-state index contributed by atoms with van der Waals surface area (Å²) in [6.07, 6.45) is 4.03. The summed E-state index contributed by atoms with van der Waals surface area (Å²) in [7, 11) is 0. The molecule has 0 atom stereocenters. The van der Waals surface area contributed by atoms with Crippen LogP contribution in [0.2, 0.25) is 5.02 Å². The fourth-order valence-corrected chi connectivity index (χ4v) is 4.34. The van der Waals surface area contributed by atoms with Crippen LogP contribution in [0.4, 0.5) is 10.2 Å². The molecule has 3 heterocycles. The van der Waals surface area contributed by atoms with Crippen LogP contribution in [0.3, 0.4) is 0 Å². The van der Waals surface area contributed by atoms with Crippen molar-refractivity contribution < 1.29 is 8.91 Å². The number of aromatic nitrogens is 4. The fourth-order valence-electron chi connectivity index (χ4n) is 3.89. The van der Waals surface area contributed by atoms with E-state index in [-0.39, 0.29) is 24.2 Å². The molecule has 1 aromatic carbocycles. The molecule has 0 unspecified atom stereocenters. The zero-order chi connectivity index (χ0) is 24.2. The molecule has 0 spiro atoms. The largest absolute Gasteiger partial charge is 0.339 e. The Morgan fingerprint density at radius 2 is 1.91 bits per heavy atom. The van der Waals surface area contributed by atoms with Gasteiger partial charge in [-0.3, -0.25) is 13.9 Å². The van der Waals surface area contributed by atoms with Crippen LogP contribution >= 0.6 is 23.2 Å². The topological polar surface area (TPSA) is 95.3 Å². The van der Waals surface area contributed by atoms with Gasteiger partial charge in [-0.05, 0) is 37.0 Å². The second-order valence-electron chi connectivity index (χ2n) is 8.19. The second-order valence-corrected chi connectivity index (χ2v) is 9.03. The van der Waals surface area contributed by atoms with Gasteiger partial charge in [0.25, 0.3) is 5.56 Å². The molecule has 0 fully saturated rings. The van der Waals surface area contributed by atoms with E-state index in [1.165, 1.54) is 16.7 Å². The van der Waals surface area contributed by atoms with Gasteiger partial charge in [-0.25, -0.2) is 14.2 Å². The summed E-state index contributed by atoms with van der Waals surface area (Å²) in [5.74, 6) is 0.895. The highest BCUT2D eigenvalue weighted by Gasteiger charge is 2.24. The van der Waals surface area contributed by atoms with Crippen LogP contribution in [0.5, 0.6) is 0 Å². The Kier molecular flexibility index (Phi) is 7.63. The van der Waals surface area contributed by atoms with E-state index in [9.17, 15) is 14.0 Å². The predicted octanol–water partition coefficient (Wildman–Crippen LogP) is 4.42. The maximum atomic E-state index is 13.2. The zero-order valence-corrected chi connectivity index (χ0v) is 20.2. The van der Waals surface area contributed by atoms with Gasteiger partial charge in [-0.1, -0.05) is 47.8 Å². The molecule has 0 N–H and O–H groups in total. The highest BCUT2D eigenvalue weighted by molar-refractivity contribution is 6.66. The van der Waals surface area contributed by atoms with Gasteiger partial charge in [0.1, 0.15) is 16.8 Å². The van der Waals surface area contributed by atoms with Crippen molar-refractivity contribution in [1.29, 1.82) is 0 Å². The van der Waals surface area contributed by atoms with E-state index >= 15 is 0 Å². The fraction of sp³-hybridized carbons (Fsp3) is 0.435. The molecule has 0 saturated carbocycles. The number of benzene rings is 1. The van der Waals surface area contributed by atoms with Crippen molar-refractivity contribution in [3.63, 3.8) is 0 Å². The highest BCUT2D eigenvalue weighted by atomic mass is 35.5. The zero-order valence-electron chi connectivity index (χ0n) is 18.7. The van der Waals surface area contributed by atoms with E-state index in [0.717, 1.165) is 12.8 Å². The smallest absolute Gasteiger partial charge is 0.332 e. The molecular weight excluding hydrogens is 484 g/mol. The molecule has 4 rings (SSSR count). The van der Waals surface area contributed by atoms with Crippen LogP contribution < -0.4 is 11.2 Å². The standard InChI is InChI=1S/C23H24Cl2FN5O3/c1-2-3-9-30-21-16(13-18(25)27-21)22(32)31(23(30)33)10-5-4-6-20-28-19(29-34-20)11-14-7-8-15(26)12-17(14)24/h7-8,12H,2-6,9-11,13H2,1H3. The van der Waals surface area contributed by atoms with Crippen molar-refractivity contribution in [2.75, 3.05) is 0 Å². The number of hydrogen-bond acceptors (Lipinski definition) is 6. The van der Waals surface area contributed by atoms with Gasteiger partial charge in [-0.15, -0.1) is 0 Å². The molecule has 11 heteroatoms. The van der Waals surface area contributed by atoms with Crippen LogP contribution in [-0.4, -0.2) is 24.4 Å². The summed E-state index contributed by atoms with van der Waals surface area (Å²) in [4.78, 5) is 34.5. The van der Waals surface area contributed by atoms with Gasteiger partial charge >= 0.3 is 5.69 Å². The Bertz CT molecular complexity index is 1350. The van der Waals surface area contributed by atoms with Crippen LogP contribution in [0, 0.1) is 5.82 Å². The monoisotopic (exact) mass is 507 g/mol. The lowest BCUT2D eigenvalue weighted by Gasteiger charge is -2.13. The van der Waals surface area contributed by atoms with Crippen molar-refractivity contribution in [3.8, 4) is 0 Å². The normalized spacial score (nSPS) is 12.8. The number of aliphatic imine (C=N–C) groups is 1.